The van der Waals surface area contributed by atoms with Crippen molar-refractivity contribution in [3.8, 4) is 5.82 Å². The van der Waals surface area contributed by atoms with E-state index in [-0.39, 0.29) is 5.82 Å². The van der Waals surface area contributed by atoms with Crippen molar-refractivity contribution in [1.29, 1.82) is 0 Å². The Labute approximate surface area is 174 Å². The van der Waals surface area contributed by atoms with Crippen molar-refractivity contribution in [2.45, 2.75) is 19.9 Å². The van der Waals surface area contributed by atoms with Crippen LogP contribution in [0, 0.1) is 5.82 Å². The van der Waals surface area contributed by atoms with E-state index in [1.54, 1.807) is 29.2 Å². The minimum absolute atomic E-state index is 0.224. The minimum Gasteiger partial charge on any atom is -0.361 e. The van der Waals surface area contributed by atoms with Gasteiger partial charge in [0.2, 0.25) is 0 Å². The predicted molar refractivity (Wildman–Crippen MR) is 116 cm³/mol. The zero-order valence-corrected chi connectivity index (χ0v) is 16.8. The number of hydrogen-bond acceptors (Lipinski definition) is 3. The minimum atomic E-state index is -0.224. The molecule has 4 aromatic rings. The summed E-state index contributed by atoms with van der Waals surface area (Å²) in [4.78, 5) is 12.2. The van der Waals surface area contributed by atoms with E-state index in [1.807, 2.05) is 37.5 Å². The summed E-state index contributed by atoms with van der Waals surface area (Å²) in [5.41, 5.74) is 3.06. The van der Waals surface area contributed by atoms with E-state index in [4.69, 9.17) is 0 Å². The molecule has 0 bridgehead atoms. The lowest BCUT2D eigenvalue weighted by atomic mass is 10.1. The monoisotopic (exact) mass is 405 g/mol. The number of aromatic amines is 1. The average molecular weight is 405 g/mol. The number of H-pyrrole nitrogens is 1. The second-order valence-electron chi connectivity index (χ2n) is 6.85. The highest BCUT2D eigenvalue weighted by molar-refractivity contribution is 5.83. The van der Waals surface area contributed by atoms with Crippen molar-refractivity contribution in [1.82, 2.24) is 30.4 Å². The van der Waals surface area contributed by atoms with Gasteiger partial charge in [0.1, 0.15) is 5.82 Å². The van der Waals surface area contributed by atoms with Gasteiger partial charge in [-0.05, 0) is 60.9 Å². The molecule has 0 amide bonds. The van der Waals surface area contributed by atoms with Gasteiger partial charge in [-0.15, -0.1) is 0 Å². The molecule has 4 rings (SSSR count). The van der Waals surface area contributed by atoms with Gasteiger partial charge in [-0.25, -0.2) is 19.0 Å². The van der Waals surface area contributed by atoms with E-state index >= 15 is 0 Å². The maximum absolute atomic E-state index is 13.6. The van der Waals surface area contributed by atoms with Crippen molar-refractivity contribution in [3.63, 3.8) is 0 Å². The normalized spacial score (nSPS) is 11.7. The molecule has 0 aliphatic carbocycles. The smallest absolute Gasteiger partial charge is 0.191 e. The molecular weight excluding hydrogens is 381 g/mol. The Morgan fingerprint density at radius 2 is 2.13 bits per heavy atom. The van der Waals surface area contributed by atoms with Crippen LogP contribution in [0.1, 0.15) is 18.1 Å². The van der Waals surface area contributed by atoms with Gasteiger partial charge in [-0.2, -0.15) is 5.10 Å². The Balaban J connectivity index is 1.39. The van der Waals surface area contributed by atoms with Gasteiger partial charge in [0.05, 0.1) is 6.54 Å². The topological polar surface area (TPSA) is 82.9 Å². The van der Waals surface area contributed by atoms with Crippen molar-refractivity contribution in [3.05, 3.63) is 78.1 Å². The average Bonchev–Trinajstić information content (AvgIpc) is 3.43. The molecule has 0 unspecified atom stereocenters. The number of benzene rings is 1. The Morgan fingerprint density at radius 1 is 1.20 bits per heavy atom. The van der Waals surface area contributed by atoms with Crippen LogP contribution in [0.15, 0.2) is 66.2 Å². The first-order chi connectivity index (χ1) is 14.7. The summed E-state index contributed by atoms with van der Waals surface area (Å²) < 4.78 is 15.3. The first kappa shape index (κ1) is 19.6. The third-order valence-electron chi connectivity index (χ3n) is 4.73. The van der Waals surface area contributed by atoms with E-state index in [0.717, 1.165) is 46.8 Å². The Kier molecular flexibility index (Phi) is 6.03. The molecule has 3 heterocycles. The fraction of sp³-hybridized carbons (Fsp3) is 0.227. The number of nitrogens with one attached hydrogen (secondary N) is 3. The van der Waals surface area contributed by atoms with Gasteiger partial charge in [-0.3, -0.25) is 0 Å². The third-order valence-corrected chi connectivity index (χ3v) is 4.73. The number of fused-ring (bicyclic) bond motifs is 1. The molecule has 154 valence electrons. The summed E-state index contributed by atoms with van der Waals surface area (Å²) >= 11 is 0. The van der Waals surface area contributed by atoms with E-state index in [1.165, 1.54) is 6.07 Å². The fourth-order valence-corrected chi connectivity index (χ4v) is 3.27. The summed E-state index contributed by atoms with van der Waals surface area (Å²) in [7, 11) is 0. The number of hydrogen-bond donors (Lipinski definition) is 3. The van der Waals surface area contributed by atoms with Gasteiger partial charge in [0, 0.05) is 48.8 Å². The van der Waals surface area contributed by atoms with Crippen LogP contribution in [-0.2, 0) is 13.0 Å². The molecule has 0 atom stereocenters. The van der Waals surface area contributed by atoms with Crippen LogP contribution in [0.2, 0.25) is 0 Å². The molecule has 1 aromatic carbocycles. The summed E-state index contributed by atoms with van der Waals surface area (Å²) in [6.45, 7) is 4.00. The van der Waals surface area contributed by atoms with Crippen LogP contribution in [0.5, 0.6) is 0 Å². The highest BCUT2D eigenvalue weighted by Crippen LogP contribution is 2.19. The standard InChI is InChI=1S/C22H24FN7/c1-2-24-22(26-10-7-17-15-27-20-5-4-18(23)13-19(17)20)28-14-16-6-9-25-21(12-16)30-11-3-8-29-30/h3-6,8-9,11-13,15,27H,2,7,10,14H2,1H3,(H2,24,26,28). The lowest BCUT2D eigenvalue weighted by Crippen LogP contribution is -2.38. The lowest BCUT2D eigenvalue weighted by molar-refractivity contribution is 0.629. The van der Waals surface area contributed by atoms with Gasteiger partial charge in [0.25, 0.3) is 0 Å². The molecule has 0 fully saturated rings. The van der Waals surface area contributed by atoms with Gasteiger partial charge in [-0.1, -0.05) is 0 Å². The molecule has 7 nitrogen and oxygen atoms in total. The molecule has 0 aliphatic heterocycles. The highest BCUT2D eigenvalue weighted by atomic mass is 19.1. The number of aliphatic imine (C=N–C) groups is 1. The number of guanidine groups is 1. The number of aromatic nitrogens is 4. The molecule has 0 aliphatic rings. The van der Waals surface area contributed by atoms with Gasteiger partial charge >= 0.3 is 0 Å². The molecule has 8 heteroatoms. The zero-order valence-electron chi connectivity index (χ0n) is 16.8. The van der Waals surface area contributed by atoms with E-state index in [9.17, 15) is 4.39 Å². The predicted octanol–water partition coefficient (Wildman–Crippen LogP) is 3.19. The van der Waals surface area contributed by atoms with Crippen LogP contribution in [0.3, 0.4) is 0 Å². The van der Waals surface area contributed by atoms with E-state index in [0.29, 0.717) is 13.1 Å². The summed E-state index contributed by atoms with van der Waals surface area (Å²) in [6, 6.07) is 10.6. The maximum atomic E-state index is 13.6. The van der Waals surface area contributed by atoms with Crippen LogP contribution >= 0.6 is 0 Å². The van der Waals surface area contributed by atoms with Crippen molar-refractivity contribution in [2.75, 3.05) is 13.1 Å². The quantitative estimate of drug-likeness (QED) is 0.326. The molecule has 30 heavy (non-hydrogen) atoms. The van der Waals surface area contributed by atoms with Gasteiger partial charge < -0.3 is 15.6 Å². The van der Waals surface area contributed by atoms with Crippen molar-refractivity contribution >= 4 is 16.9 Å². The molecule has 3 aromatic heterocycles. The van der Waals surface area contributed by atoms with Crippen molar-refractivity contribution in [2.24, 2.45) is 4.99 Å². The largest absolute Gasteiger partial charge is 0.361 e. The zero-order chi connectivity index (χ0) is 20.8. The Morgan fingerprint density at radius 3 is 2.97 bits per heavy atom. The van der Waals surface area contributed by atoms with Crippen LogP contribution in [0.25, 0.3) is 16.7 Å². The molecule has 0 spiro atoms. The molecular formula is C22H24FN7. The highest BCUT2D eigenvalue weighted by Gasteiger charge is 2.06. The first-order valence-electron chi connectivity index (χ1n) is 9.95. The first-order valence-corrected chi connectivity index (χ1v) is 9.95. The van der Waals surface area contributed by atoms with E-state index < -0.39 is 0 Å². The molecule has 0 saturated heterocycles. The SMILES string of the molecule is CCNC(=NCc1ccnc(-n2cccn2)c1)NCCc1c[nH]c2ccc(F)cc12. The fourth-order valence-electron chi connectivity index (χ4n) is 3.27. The Bertz CT molecular complexity index is 1130. The summed E-state index contributed by atoms with van der Waals surface area (Å²) in [5.74, 6) is 1.27. The van der Waals surface area contributed by atoms with Crippen molar-refractivity contribution < 1.29 is 4.39 Å². The molecule has 0 saturated carbocycles. The number of rotatable bonds is 7. The Hall–Kier alpha value is -3.68. The summed E-state index contributed by atoms with van der Waals surface area (Å²) in [6.07, 6.45) is 8.04. The molecule has 0 radical (unpaired) electrons. The number of nitrogens with zero attached hydrogens (tertiary/aromatic N) is 4. The molecule has 3 N–H and O–H groups in total. The van der Waals surface area contributed by atoms with Crippen LogP contribution in [0.4, 0.5) is 4.39 Å². The second-order valence-corrected chi connectivity index (χ2v) is 6.85. The van der Waals surface area contributed by atoms with E-state index in [2.05, 4.69) is 30.7 Å². The van der Waals surface area contributed by atoms with Crippen LogP contribution < -0.4 is 10.6 Å². The maximum Gasteiger partial charge on any atom is 0.191 e. The second kappa shape index (κ2) is 9.21. The number of pyridine rings is 1. The number of halogens is 1. The lowest BCUT2D eigenvalue weighted by Gasteiger charge is -2.11. The van der Waals surface area contributed by atoms with Gasteiger partial charge in [0.15, 0.2) is 11.8 Å². The summed E-state index contributed by atoms with van der Waals surface area (Å²) in [5, 5.41) is 11.7. The van der Waals surface area contributed by atoms with Crippen LogP contribution in [-0.4, -0.2) is 38.8 Å². The third kappa shape index (κ3) is 4.65.